The Bertz CT molecular complexity index is 513. The van der Waals surface area contributed by atoms with Crippen LogP contribution in [0.4, 0.5) is 0 Å². The van der Waals surface area contributed by atoms with Crippen LogP contribution in [-0.4, -0.2) is 29.6 Å². The molecule has 1 atom stereocenters. The average molecular weight is 277 g/mol. The van der Waals surface area contributed by atoms with Gasteiger partial charge in [0.2, 0.25) is 0 Å². The molecule has 20 heavy (non-hydrogen) atoms. The molecule has 0 saturated carbocycles. The Morgan fingerprint density at radius 3 is 2.95 bits per heavy atom. The minimum Gasteiger partial charge on any atom is -0.493 e. The van der Waals surface area contributed by atoms with Crippen molar-refractivity contribution in [3.05, 3.63) is 29.3 Å². The summed E-state index contributed by atoms with van der Waals surface area (Å²) in [7, 11) is 0. The second kappa shape index (κ2) is 6.41. The second-order valence-corrected chi connectivity index (χ2v) is 4.98. The van der Waals surface area contributed by atoms with Gasteiger partial charge in [-0.15, -0.1) is 0 Å². The standard InChI is InChI=1S/C15H19NO4/c1-2-3-12(9-14(17)18)16-15(19)11-4-5-13-10(8-11)6-7-20-13/h4-5,8,12H,2-3,6-7,9H2,1H3,(H,16,19)(H,17,18). The molecule has 1 aliphatic heterocycles. The number of ether oxygens (including phenoxy) is 1. The molecule has 0 aromatic heterocycles. The number of carbonyl (C=O) groups excluding carboxylic acids is 1. The quantitative estimate of drug-likeness (QED) is 0.834. The molecule has 0 spiro atoms. The predicted molar refractivity (Wildman–Crippen MR) is 74.1 cm³/mol. The molecule has 1 aromatic rings. The van der Waals surface area contributed by atoms with E-state index in [1.807, 2.05) is 13.0 Å². The summed E-state index contributed by atoms with van der Waals surface area (Å²) in [5, 5.41) is 11.6. The first kappa shape index (κ1) is 14.4. The van der Waals surface area contributed by atoms with Crippen LogP contribution in [0.15, 0.2) is 18.2 Å². The minimum atomic E-state index is -0.897. The van der Waals surface area contributed by atoms with Crippen molar-refractivity contribution in [3.63, 3.8) is 0 Å². The normalized spacial score (nSPS) is 14.2. The molecule has 0 fully saturated rings. The SMILES string of the molecule is CCCC(CC(=O)O)NC(=O)c1ccc2c(c1)CCO2. The molecule has 5 nitrogen and oxygen atoms in total. The van der Waals surface area contributed by atoms with Gasteiger partial charge in [-0.05, 0) is 30.2 Å². The molecular formula is C15H19NO4. The molecule has 0 bridgehead atoms. The monoisotopic (exact) mass is 277 g/mol. The lowest BCUT2D eigenvalue weighted by atomic mass is 10.1. The molecule has 1 amide bonds. The Hall–Kier alpha value is -2.04. The fourth-order valence-electron chi connectivity index (χ4n) is 2.38. The van der Waals surface area contributed by atoms with Crippen LogP contribution in [0.3, 0.4) is 0 Å². The summed E-state index contributed by atoms with van der Waals surface area (Å²) in [6.07, 6.45) is 2.25. The molecule has 2 N–H and O–H groups in total. The fraction of sp³-hybridized carbons (Fsp3) is 0.467. The summed E-state index contributed by atoms with van der Waals surface area (Å²) in [4.78, 5) is 23.0. The van der Waals surface area contributed by atoms with Gasteiger partial charge in [0.1, 0.15) is 5.75 Å². The highest BCUT2D eigenvalue weighted by Gasteiger charge is 2.18. The predicted octanol–water partition coefficient (Wildman–Crippen LogP) is 1.99. The summed E-state index contributed by atoms with van der Waals surface area (Å²) in [5.74, 6) is -0.289. The van der Waals surface area contributed by atoms with E-state index in [0.717, 1.165) is 24.2 Å². The van der Waals surface area contributed by atoms with E-state index < -0.39 is 5.97 Å². The van der Waals surface area contributed by atoms with Crippen LogP contribution < -0.4 is 10.1 Å². The van der Waals surface area contributed by atoms with Gasteiger partial charge in [0.05, 0.1) is 13.0 Å². The topological polar surface area (TPSA) is 75.6 Å². The van der Waals surface area contributed by atoms with Gasteiger partial charge in [0.15, 0.2) is 0 Å². The van der Waals surface area contributed by atoms with Crippen molar-refractivity contribution in [2.24, 2.45) is 0 Å². The first-order valence-electron chi connectivity index (χ1n) is 6.88. The number of carboxylic acid groups (broad SMARTS) is 1. The summed E-state index contributed by atoms with van der Waals surface area (Å²) >= 11 is 0. The van der Waals surface area contributed by atoms with E-state index in [-0.39, 0.29) is 18.4 Å². The Labute approximate surface area is 117 Å². The van der Waals surface area contributed by atoms with Gasteiger partial charge in [-0.3, -0.25) is 9.59 Å². The zero-order valence-electron chi connectivity index (χ0n) is 11.5. The largest absolute Gasteiger partial charge is 0.493 e. The van der Waals surface area contributed by atoms with Gasteiger partial charge in [-0.2, -0.15) is 0 Å². The van der Waals surface area contributed by atoms with Gasteiger partial charge in [0, 0.05) is 18.0 Å². The lowest BCUT2D eigenvalue weighted by molar-refractivity contribution is -0.137. The summed E-state index contributed by atoms with van der Waals surface area (Å²) in [5.41, 5.74) is 1.59. The van der Waals surface area contributed by atoms with Gasteiger partial charge in [-0.25, -0.2) is 0 Å². The molecule has 5 heteroatoms. The number of benzene rings is 1. The van der Waals surface area contributed by atoms with E-state index in [1.165, 1.54) is 0 Å². The molecule has 0 radical (unpaired) electrons. The lowest BCUT2D eigenvalue weighted by Crippen LogP contribution is -2.36. The van der Waals surface area contributed by atoms with Crippen molar-refractivity contribution in [1.29, 1.82) is 0 Å². The van der Waals surface area contributed by atoms with Gasteiger partial charge < -0.3 is 15.2 Å². The minimum absolute atomic E-state index is 0.0480. The van der Waals surface area contributed by atoms with Crippen LogP contribution in [-0.2, 0) is 11.2 Å². The smallest absolute Gasteiger partial charge is 0.305 e. The van der Waals surface area contributed by atoms with Crippen molar-refractivity contribution in [2.45, 2.75) is 38.6 Å². The highest BCUT2D eigenvalue weighted by Crippen LogP contribution is 2.25. The number of nitrogens with one attached hydrogen (secondary N) is 1. The van der Waals surface area contributed by atoms with Crippen molar-refractivity contribution in [1.82, 2.24) is 5.32 Å². The van der Waals surface area contributed by atoms with Gasteiger partial charge in [-0.1, -0.05) is 13.3 Å². The van der Waals surface area contributed by atoms with Crippen molar-refractivity contribution >= 4 is 11.9 Å². The maximum absolute atomic E-state index is 12.2. The van der Waals surface area contributed by atoms with E-state index in [1.54, 1.807) is 12.1 Å². The Balaban J connectivity index is 2.04. The highest BCUT2D eigenvalue weighted by atomic mass is 16.5. The van der Waals surface area contributed by atoms with Crippen molar-refractivity contribution < 1.29 is 19.4 Å². The van der Waals surface area contributed by atoms with Crippen LogP contribution in [0, 0.1) is 0 Å². The number of rotatable bonds is 6. The van der Waals surface area contributed by atoms with E-state index in [0.29, 0.717) is 18.6 Å². The summed E-state index contributed by atoms with van der Waals surface area (Å²) in [6.45, 7) is 2.62. The van der Waals surface area contributed by atoms with E-state index in [9.17, 15) is 9.59 Å². The van der Waals surface area contributed by atoms with Crippen molar-refractivity contribution in [3.8, 4) is 5.75 Å². The fourth-order valence-corrected chi connectivity index (χ4v) is 2.38. The molecule has 108 valence electrons. The number of carbonyl (C=O) groups is 2. The molecule has 2 rings (SSSR count). The number of fused-ring (bicyclic) bond motifs is 1. The Morgan fingerprint density at radius 1 is 1.45 bits per heavy atom. The molecule has 1 unspecified atom stereocenters. The van der Waals surface area contributed by atoms with Crippen LogP contribution in [0.25, 0.3) is 0 Å². The first-order valence-corrected chi connectivity index (χ1v) is 6.88. The lowest BCUT2D eigenvalue weighted by Gasteiger charge is -2.16. The maximum Gasteiger partial charge on any atom is 0.305 e. The molecular weight excluding hydrogens is 258 g/mol. The van der Waals surface area contributed by atoms with E-state index in [4.69, 9.17) is 9.84 Å². The first-order chi connectivity index (χ1) is 9.60. The molecule has 1 aromatic carbocycles. The molecule has 0 saturated heterocycles. The number of hydrogen-bond donors (Lipinski definition) is 2. The number of carboxylic acids is 1. The Morgan fingerprint density at radius 2 is 2.25 bits per heavy atom. The Kier molecular flexibility index (Phi) is 4.61. The third kappa shape index (κ3) is 3.50. The van der Waals surface area contributed by atoms with Crippen LogP contribution in [0.5, 0.6) is 5.75 Å². The van der Waals surface area contributed by atoms with E-state index >= 15 is 0 Å². The zero-order valence-corrected chi connectivity index (χ0v) is 11.5. The second-order valence-electron chi connectivity index (χ2n) is 4.98. The average Bonchev–Trinajstić information content (AvgIpc) is 2.85. The third-order valence-corrected chi connectivity index (χ3v) is 3.35. The van der Waals surface area contributed by atoms with Gasteiger partial charge in [0.25, 0.3) is 5.91 Å². The van der Waals surface area contributed by atoms with E-state index in [2.05, 4.69) is 5.32 Å². The van der Waals surface area contributed by atoms with Gasteiger partial charge >= 0.3 is 5.97 Å². The third-order valence-electron chi connectivity index (χ3n) is 3.35. The van der Waals surface area contributed by atoms with Crippen LogP contribution in [0.1, 0.15) is 42.1 Å². The zero-order chi connectivity index (χ0) is 14.5. The van der Waals surface area contributed by atoms with Crippen LogP contribution in [0.2, 0.25) is 0 Å². The molecule has 1 heterocycles. The summed E-state index contributed by atoms with van der Waals surface area (Å²) in [6, 6.07) is 5.00. The van der Waals surface area contributed by atoms with Crippen LogP contribution >= 0.6 is 0 Å². The summed E-state index contributed by atoms with van der Waals surface area (Å²) < 4.78 is 5.40. The highest BCUT2D eigenvalue weighted by molar-refractivity contribution is 5.95. The molecule has 1 aliphatic rings. The molecule has 0 aliphatic carbocycles. The maximum atomic E-state index is 12.2. The number of hydrogen-bond acceptors (Lipinski definition) is 3. The van der Waals surface area contributed by atoms with Crippen molar-refractivity contribution in [2.75, 3.05) is 6.61 Å². The number of amides is 1. The number of aliphatic carboxylic acids is 1.